The summed E-state index contributed by atoms with van der Waals surface area (Å²) in [5.74, 6) is -1.44. The average Bonchev–Trinajstić information content (AvgIpc) is 3.03. The van der Waals surface area contributed by atoms with Crippen molar-refractivity contribution in [1.29, 1.82) is 0 Å². The zero-order valence-electron chi connectivity index (χ0n) is 24.4. The number of nitro groups is 1. The highest BCUT2D eigenvalue weighted by Gasteiger charge is 2.28. The maximum Gasteiger partial charge on any atom is 0.311 e. The molecule has 0 saturated heterocycles. The number of nitrogens with zero attached hydrogens (tertiary/aromatic N) is 2. The minimum absolute atomic E-state index is 0.103. The first-order valence-electron chi connectivity index (χ1n) is 14.4. The fourth-order valence-corrected chi connectivity index (χ4v) is 5.26. The molecule has 3 amide bonds. The molecule has 0 aromatic heterocycles. The van der Waals surface area contributed by atoms with Crippen LogP contribution in [0.2, 0.25) is 5.02 Å². The van der Waals surface area contributed by atoms with E-state index >= 15 is 0 Å². The van der Waals surface area contributed by atoms with E-state index in [2.05, 4.69) is 10.6 Å². The van der Waals surface area contributed by atoms with Crippen molar-refractivity contribution in [2.24, 2.45) is 0 Å². The minimum Gasteiger partial charge on any atom is -0.450 e. The summed E-state index contributed by atoms with van der Waals surface area (Å²) in [4.78, 5) is 53.5. The van der Waals surface area contributed by atoms with Crippen LogP contribution in [0.5, 0.6) is 11.5 Å². The number of hydrogen-bond acceptors (Lipinski definition) is 6. The number of nitrogens with one attached hydrogen (secondary N) is 2. The number of nitro benzene ring substituents is 1. The van der Waals surface area contributed by atoms with Gasteiger partial charge in [0.2, 0.25) is 17.6 Å². The third-order valence-corrected chi connectivity index (χ3v) is 7.74. The van der Waals surface area contributed by atoms with Gasteiger partial charge in [0.1, 0.15) is 11.8 Å². The van der Waals surface area contributed by atoms with Crippen LogP contribution in [0.3, 0.4) is 0 Å². The Hall–Kier alpha value is -5.22. The predicted molar refractivity (Wildman–Crippen MR) is 169 cm³/mol. The van der Waals surface area contributed by atoms with E-state index in [0.29, 0.717) is 10.6 Å². The molecule has 1 aliphatic rings. The smallest absolute Gasteiger partial charge is 0.311 e. The highest BCUT2D eigenvalue weighted by atomic mass is 35.5. The number of benzene rings is 4. The highest BCUT2D eigenvalue weighted by Crippen LogP contribution is 2.33. The second-order valence-corrected chi connectivity index (χ2v) is 11.3. The molecule has 4 aromatic carbocycles. The van der Waals surface area contributed by atoms with Gasteiger partial charge in [-0.15, -0.1) is 0 Å². The van der Waals surface area contributed by atoms with Gasteiger partial charge in [0, 0.05) is 42.2 Å². The molecule has 0 fully saturated rings. The van der Waals surface area contributed by atoms with E-state index in [0.717, 1.165) is 11.1 Å². The second-order valence-electron chi connectivity index (χ2n) is 10.9. The van der Waals surface area contributed by atoms with Crippen LogP contribution < -0.4 is 15.4 Å². The molecule has 5 rings (SSSR count). The summed E-state index contributed by atoms with van der Waals surface area (Å²) in [6.45, 7) is 1.98. The fourth-order valence-electron chi connectivity index (χ4n) is 5.13. The molecular weight excluding hydrogens is 596 g/mol. The van der Waals surface area contributed by atoms with E-state index in [-0.39, 0.29) is 54.7 Å². The van der Waals surface area contributed by atoms with Crippen LogP contribution in [-0.2, 0) is 22.6 Å². The Balaban J connectivity index is 1.49. The third-order valence-electron chi connectivity index (χ3n) is 7.49. The lowest BCUT2D eigenvalue weighted by Crippen LogP contribution is -2.51. The number of carbonyl (C=O) groups excluding carboxylic acids is 3. The van der Waals surface area contributed by atoms with Gasteiger partial charge in [0.25, 0.3) is 5.91 Å². The van der Waals surface area contributed by atoms with Gasteiger partial charge < -0.3 is 20.3 Å². The molecular formula is C34H31ClN4O6. The van der Waals surface area contributed by atoms with Crippen LogP contribution in [-0.4, -0.2) is 46.7 Å². The summed E-state index contributed by atoms with van der Waals surface area (Å²) in [5.41, 5.74) is 2.25. The molecule has 0 spiro atoms. The molecule has 11 heteroatoms. The molecule has 1 heterocycles. The molecule has 2 atom stereocenters. The van der Waals surface area contributed by atoms with Crippen molar-refractivity contribution in [2.75, 3.05) is 13.1 Å². The quantitative estimate of drug-likeness (QED) is 0.202. The summed E-state index contributed by atoms with van der Waals surface area (Å²) in [6, 6.07) is 26.2. The van der Waals surface area contributed by atoms with Crippen molar-refractivity contribution in [3.63, 3.8) is 0 Å². The van der Waals surface area contributed by atoms with E-state index in [1.54, 1.807) is 48.5 Å². The van der Waals surface area contributed by atoms with Crippen molar-refractivity contribution < 1.29 is 24.0 Å². The SMILES string of the molecule is CC(CN1CC(=O)NC(C(=O)NCc2ccc(Cl)cc2)Cc2cccc(c2)Oc2cc(ccc2[N+](=O)[O-])C1=O)c1ccccc1. The topological polar surface area (TPSA) is 131 Å². The lowest BCUT2D eigenvalue weighted by atomic mass is 10.00. The number of amides is 3. The van der Waals surface area contributed by atoms with Crippen molar-refractivity contribution in [3.05, 3.63) is 134 Å². The molecule has 2 unspecified atom stereocenters. The normalized spacial score (nSPS) is 15.7. The third kappa shape index (κ3) is 8.04. The molecule has 0 radical (unpaired) electrons. The van der Waals surface area contributed by atoms with Crippen LogP contribution >= 0.6 is 11.6 Å². The van der Waals surface area contributed by atoms with Gasteiger partial charge in [0.05, 0.1) is 11.5 Å². The van der Waals surface area contributed by atoms with E-state index in [1.807, 2.05) is 37.3 Å². The van der Waals surface area contributed by atoms with Crippen LogP contribution in [0.15, 0.2) is 97.1 Å². The lowest BCUT2D eigenvalue weighted by Gasteiger charge is -2.27. The van der Waals surface area contributed by atoms with Crippen LogP contribution in [0.1, 0.15) is 39.9 Å². The predicted octanol–water partition coefficient (Wildman–Crippen LogP) is 5.64. The highest BCUT2D eigenvalue weighted by molar-refractivity contribution is 6.30. The Labute approximate surface area is 265 Å². The first-order valence-corrected chi connectivity index (χ1v) is 14.7. The standard InChI is InChI=1S/C34H31ClN4O6/c1-22(25-7-3-2-4-8-25)20-38-21-32(40)37-29(33(41)36-19-23-10-13-27(35)14-11-23)17-24-6-5-9-28(16-24)45-31-18-26(34(38)42)12-15-30(31)39(43)44/h2-16,18,22,29H,17,19-21H2,1H3,(H,36,41)(H,37,40). The first kappa shape index (κ1) is 31.2. The average molecular weight is 627 g/mol. The number of rotatable bonds is 7. The maximum atomic E-state index is 13.9. The van der Waals surface area contributed by atoms with Gasteiger partial charge in [-0.3, -0.25) is 24.5 Å². The monoisotopic (exact) mass is 626 g/mol. The Morgan fingerprint density at radius 1 is 1.04 bits per heavy atom. The van der Waals surface area contributed by atoms with Gasteiger partial charge in [-0.25, -0.2) is 0 Å². The number of carbonyl (C=O) groups is 3. The van der Waals surface area contributed by atoms with Crippen LogP contribution in [0.4, 0.5) is 5.69 Å². The second kappa shape index (κ2) is 14.0. The number of hydrogen-bond donors (Lipinski definition) is 2. The zero-order valence-corrected chi connectivity index (χ0v) is 25.2. The number of halogens is 1. The minimum atomic E-state index is -0.987. The van der Waals surface area contributed by atoms with Gasteiger partial charge in [-0.05, 0) is 52.9 Å². The summed E-state index contributed by atoms with van der Waals surface area (Å²) in [5, 5.41) is 18.1. The molecule has 0 aliphatic carbocycles. The van der Waals surface area contributed by atoms with Crippen LogP contribution in [0.25, 0.3) is 0 Å². The van der Waals surface area contributed by atoms with Crippen molar-refractivity contribution in [2.45, 2.75) is 31.8 Å². The van der Waals surface area contributed by atoms with Gasteiger partial charge in [-0.2, -0.15) is 0 Å². The Morgan fingerprint density at radius 3 is 2.53 bits per heavy atom. The molecule has 230 valence electrons. The van der Waals surface area contributed by atoms with Gasteiger partial charge >= 0.3 is 5.69 Å². The van der Waals surface area contributed by atoms with Gasteiger partial charge in [-0.1, -0.05) is 73.1 Å². The Kier molecular flexibility index (Phi) is 9.74. The van der Waals surface area contributed by atoms with Crippen molar-refractivity contribution in [3.8, 4) is 11.5 Å². The van der Waals surface area contributed by atoms with E-state index < -0.39 is 28.7 Å². The lowest BCUT2D eigenvalue weighted by molar-refractivity contribution is -0.385. The summed E-state index contributed by atoms with van der Waals surface area (Å²) in [6.07, 6.45) is 0.103. The van der Waals surface area contributed by atoms with Crippen molar-refractivity contribution in [1.82, 2.24) is 15.5 Å². The summed E-state index contributed by atoms with van der Waals surface area (Å²) < 4.78 is 5.95. The largest absolute Gasteiger partial charge is 0.450 e. The zero-order chi connectivity index (χ0) is 31.9. The molecule has 10 nitrogen and oxygen atoms in total. The number of fused-ring (bicyclic) bond motifs is 4. The Morgan fingerprint density at radius 2 is 1.80 bits per heavy atom. The maximum absolute atomic E-state index is 13.9. The number of ether oxygens (including phenoxy) is 1. The van der Waals surface area contributed by atoms with E-state index in [9.17, 15) is 24.5 Å². The molecule has 2 N–H and O–H groups in total. The Bertz CT molecular complexity index is 1710. The molecule has 45 heavy (non-hydrogen) atoms. The van der Waals surface area contributed by atoms with E-state index in [1.165, 1.54) is 23.1 Å². The summed E-state index contributed by atoms with van der Waals surface area (Å²) in [7, 11) is 0. The fraction of sp³-hybridized carbons (Fsp3) is 0.206. The van der Waals surface area contributed by atoms with Crippen molar-refractivity contribution >= 4 is 35.0 Å². The molecule has 0 saturated carbocycles. The molecule has 4 bridgehead atoms. The first-order chi connectivity index (χ1) is 21.7. The van der Waals surface area contributed by atoms with E-state index in [4.69, 9.17) is 16.3 Å². The van der Waals surface area contributed by atoms with Crippen LogP contribution in [0, 0.1) is 10.1 Å². The molecule has 4 aromatic rings. The van der Waals surface area contributed by atoms with Gasteiger partial charge in [0.15, 0.2) is 0 Å². The summed E-state index contributed by atoms with van der Waals surface area (Å²) >= 11 is 5.98. The molecule has 1 aliphatic heterocycles.